The fraction of sp³-hybridized carbons (Fsp3) is 0.333. The van der Waals surface area contributed by atoms with Crippen molar-refractivity contribution in [3.63, 3.8) is 0 Å². The van der Waals surface area contributed by atoms with Gasteiger partial charge in [0.2, 0.25) is 10.0 Å². The average molecular weight is 331 g/mol. The van der Waals surface area contributed by atoms with Gasteiger partial charge in [0.1, 0.15) is 5.75 Å². The van der Waals surface area contributed by atoms with Crippen LogP contribution in [0.4, 0.5) is 0 Å². The first-order chi connectivity index (χ1) is 11.0. The Morgan fingerprint density at radius 1 is 1.09 bits per heavy atom. The van der Waals surface area contributed by atoms with Crippen molar-refractivity contribution in [3.05, 3.63) is 59.7 Å². The molecule has 2 aromatic rings. The quantitative estimate of drug-likeness (QED) is 0.861. The van der Waals surface area contributed by atoms with E-state index in [-0.39, 0.29) is 6.04 Å². The fourth-order valence-electron chi connectivity index (χ4n) is 3.13. The number of nitrogens with zero attached hydrogens (tertiary/aromatic N) is 1. The Bertz CT molecular complexity index is 784. The molecule has 0 amide bonds. The lowest BCUT2D eigenvalue weighted by Gasteiger charge is -2.25. The van der Waals surface area contributed by atoms with Gasteiger partial charge < -0.3 is 4.74 Å². The number of sulfonamides is 1. The third kappa shape index (κ3) is 2.99. The molecular formula is C18H21NO3S. The molecule has 2 aromatic carbocycles. The van der Waals surface area contributed by atoms with Gasteiger partial charge in [-0.2, -0.15) is 4.31 Å². The van der Waals surface area contributed by atoms with E-state index < -0.39 is 10.0 Å². The summed E-state index contributed by atoms with van der Waals surface area (Å²) in [7, 11) is -1.88. The summed E-state index contributed by atoms with van der Waals surface area (Å²) in [5, 5.41) is 0. The molecule has 0 aromatic heterocycles. The highest BCUT2D eigenvalue weighted by Crippen LogP contribution is 2.40. The summed E-state index contributed by atoms with van der Waals surface area (Å²) in [5.74, 6) is 0.739. The Kier molecular flexibility index (Phi) is 4.41. The third-order valence-electron chi connectivity index (χ3n) is 4.33. The maximum absolute atomic E-state index is 13.0. The van der Waals surface area contributed by atoms with Gasteiger partial charge in [-0.1, -0.05) is 35.9 Å². The molecular weight excluding hydrogens is 310 g/mol. The number of hydrogen-bond donors (Lipinski definition) is 0. The minimum Gasteiger partial charge on any atom is -0.496 e. The van der Waals surface area contributed by atoms with Gasteiger partial charge in [0.15, 0.2) is 0 Å². The van der Waals surface area contributed by atoms with Crippen molar-refractivity contribution >= 4 is 10.0 Å². The predicted molar refractivity (Wildman–Crippen MR) is 90.0 cm³/mol. The van der Waals surface area contributed by atoms with Crippen LogP contribution in [0.3, 0.4) is 0 Å². The molecule has 0 saturated carbocycles. The van der Waals surface area contributed by atoms with Crippen LogP contribution in [0.5, 0.6) is 5.75 Å². The molecule has 122 valence electrons. The summed E-state index contributed by atoms with van der Waals surface area (Å²) in [4.78, 5) is 0.352. The van der Waals surface area contributed by atoms with E-state index in [1.807, 2.05) is 43.3 Å². The number of ether oxygens (including phenoxy) is 1. The molecule has 0 spiro atoms. The van der Waals surface area contributed by atoms with Crippen molar-refractivity contribution in [2.24, 2.45) is 0 Å². The molecule has 0 radical (unpaired) electrons. The maximum atomic E-state index is 13.0. The van der Waals surface area contributed by atoms with Gasteiger partial charge >= 0.3 is 0 Å². The number of hydrogen-bond acceptors (Lipinski definition) is 3. The van der Waals surface area contributed by atoms with E-state index in [0.29, 0.717) is 11.4 Å². The topological polar surface area (TPSA) is 46.6 Å². The molecule has 1 aliphatic rings. The monoisotopic (exact) mass is 331 g/mol. The lowest BCUT2D eigenvalue weighted by molar-refractivity contribution is 0.367. The first-order valence-corrected chi connectivity index (χ1v) is 9.19. The van der Waals surface area contributed by atoms with E-state index in [9.17, 15) is 8.42 Å². The highest BCUT2D eigenvalue weighted by atomic mass is 32.2. The molecule has 1 fully saturated rings. The zero-order chi connectivity index (χ0) is 16.4. The molecule has 5 heteroatoms. The molecule has 4 nitrogen and oxygen atoms in total. The standard InChI is InChI=1S/C18H21NO3S/c1-14-9-11-15(12-10-14)23(20,21)19-13-5-7-17(19)16-6-3-4-8-18(16)22-2/h3-4,6,8-12,17H,5,7,13H2,1-2H3. The maximum Gasteiger partial charge on any atom is 0.243 e. The summed E-state index contributed by atoms with van der Waals surface area (Å²) in [6.45, 7) is 2.49. The minimum atomic E-state index is -3.50. The van der Waals surface area contributed by atoms with Gasteiger partial charge in [-0.25, -0.2) is 8.42 Å². The van der Waals surface area contributed by atoms with Crippen LogP contribution in [-0.4, -0.2) is 26.4 Å². The van der Waals surface area contributed by atoms with E-state index in [4.69, 9.17) is 4.74 Å². The first-order valence-electron chi connectivity index (χ1n) is 7.75. The average Bonchev–Trinajstić information content (AvgIpc) is 3.05. The first kappa shape index (κ1) is 16.0. The van der Waals surface area contributed by atoms with Crippen molar-refractivity contribution in [3.8, 4) is 5.75 Å². The van der Waals surface area contributed by atoms with Gasteiger partial charge in [0.05, 0.1) is 18.0 Å². The summed E-state index contributed by atoms with van der Waals surface area (Å²) < 4.78 is 33.1. The number of benzene rings is 2. The van der Waals surface area contributed by atoms with Crippen LogP contribution in [-0.2, 0) is 10.0 Å². The van der Waals surface area contributed by atoms with Crippen LogP contribution in [0.2, 0.25) is 0 Å². The van der Waals surface area contributed by atoms with Gasteiger partial charge in [-0.3, -0.25) is 0 Å². The molecule has 0 N–H and O–H groups in total. The molecule has 0 aliphatic carbocycles. The number of para-hydroxylation sites is 1. The van der Waals surface area contributed by atoms with E-state index >= 15 is 0 Å². The van der Waals surface area contributed by atoms with Gasteiger partial charge in [0, 0.05) is 12.1 Å². The lowest BCUT2D eigenvalue weighted by atomic mass is 10.0. The van der Waals surface area contributed by atoms with Crippen LogP contribution in [0.25, 0.3) is 0 Å². The van der Waals surface area contributed by atoms with Gasteiger partial charge in [-0.05, 0) is 38.0 Å². The number of aryl methyl sites for hydroxylation is 1. The molecule has 1 aliphatic heterocycles. The third-order valence-corrected chi connectivity index (χ3v) is 6.25. The fourth-order valence-corrected chi connectivity index (χ4v) is 4.80. The number of methoxy groups -OCH3 is 1. The molecule has 1 unspecified atom stereocenters. The summed E-state index contributed by atoms with van der Waals surface area (Å²) in [6, 6.07) is 14.5. The largest absolute Gasteiger partial charge is 0.496 e. The molecule has 0 bridgehead atoms. The zero-order valence-electron chi connectivity index (χ0n) is 13.4. The van der Waals surface area contributed by atoms with Crippen molar-refractivity contribution < 1.29 is 13.2 Å². The summed E-state index contributed by atoms with van der Waals surface area (Å²) in [5.41, 5.74) is 1.98. The van der Waals surface area contributed by atoms with Crippen LogP contribution >= 0.6 is 0 Å². The summed E-state index contributed by atoms with van der Waals surface area (Å²) in [6.07, 6.45) is 1.67. The predicted octanol–water partition coefficient (Wildman–Crippen LogP) is 3.53. The smallest absolute Gasteiger partial charge is 0.243 e. The van der Waals surface area contributed by atoms with Gasteiger partial charge in [0.25, 0.3) is 0 Å². The van der Waals surface area contributed by atoms with E-state index in [0.717, 1.165) is 29.7 Å². The van der Waals surface area contributed by atoms with Crippen molar-refractivity contribution in [1.29, 1.82) is 0 Å². The molecule has 1 heterocycles. The second kappa shape index (κ2) is 6.34. The van der Waals surface area contributed by atoms with Crippen molar-refractivity contribution in [2.75, 3.05) is 13.7 Å². The van der Waals surface area contributed by atoms with Crippen LogP contribution in [0.1, 0.15) is 30.0 Å². The second-order valence-corrected chi connectivity index (χ2v) is 7.72. The Balaban J connectivity index is 1.99. The van der Waals surface area contributed by atoms with Crippen LogP contribution in [0.15, 0.2) is 53.4 Å². The molecule has 3 rings (SSSR count). The normalized spacial score (nSPS) is 19.0. The molecule has 23 heavy (non-hydrogen) atoms. The lowest BCUT2D eigenvalue weighted by Crippen LogP contribution is -2.30. The number of rotatable bonds is 4. The Labute approximate surface area is 137 Å². The zero-order valence-corrected chi connectivity index (χ0v) is 14.2. The van der Waals surface area contributed by atoms with E-state index in [1.165, 1.54) is 0 Å². The van der Waals surface area contributed by atoms with E-state index in [2.05, 4.69) is 0 Å². The Morgan fingerprint density at radius 2 is 1.78 bits per heavy atom. The van der Waals surface area contributed by atoms with E-state index in [1.54, 1.807) is 23.5 Å². The SMILES string of the molecule is COc1ccccc1C1CCCN1S(=O)(=O)c1ccc(C)cc1. The van der Waals surface area contributed by atoms with Crippen LogP contribution < -0.4 is 4.74 Å². The Morgan fingerprint density at radius 3 is 2.48 bits per heavy atom. The highest BCUT2D eigenvalue weighted by molar-refractivity contribution is 7.89. The second-order valence-electron chi connectivity index (χ2n) is 5.83. The highest BCUT2D eigenvalue weighted by Gasteiger charge is 2.37. The van der Waals surface area contributed by atoms with Crippen LogP contribution in [0, 0.1) is 6.92 Å². The minimum absolute atomic E-state index is 0.169. The Hall–Kier alpha value is -1.85. The summed E-state index contributed by atoms with van der Waals surface area (Å²) >= 11 is 0. The molecule has 1 saturated heterocycles. The molecule has 1 atom stereocenters. The van der Waals surface area contributed by atoms with Crippen molar-refractivity contribution in [1.82, 2.24) is 4.31 Å². The van der Waals surface area contributed by atoms with Crippen molar-refractivity contribution in [2.45, 2.75) is 30.7 Å². The van der Waals surface area contributed by atoms with Gasteiger partial charge in [-0.15, -0.1) is 0 Å².